The lowest BCUT2D eigenvalue weighted by atomic mass is 9.95. The van der Waals surface area contributed by atoms with Gasteiger partial charge in [0.2, 0.25) is 5.91 Å². The molecule has 1 unspecified atom stereocenters. The number of nitrogens with zero attached hydrogens (tertiary/aromatic N) is 1. The number of nitrogens with one attached hydrogen (secondary N) is 1. The molecule has 1 aliphatic carbocycles. The summed E-state index contributed by atoms with van der Waals surface area (Å²) in [5, 5.41) is 20.1. The second-order valence-corrected chi connectivity index (χ2v) is 4.25. The van der Waals surface area contributed by atoms with E-state index in [0.29, 0.717) is 12.8 Å². The Hall–Kier alpha value is -1.57. The second-order valence-electron chi connectivity index (χ2n) is 4.25. The van der Waals surface area contributed by atoms with Crippen LogP contribution in [-0.4, -0.2) is 23.0 Å². The summed E-state index contributed by atoms with van der Waals surface area (Å²) < 4.78 is 0. The first-order chi connectivity index (χ1) is 7.56. The third kappa shape index (κ3) is 2.96. The number of carbonyl (C=O) groups is 2. The molecule has 0 aromatic heterocycles. The van der Waals surface area contributed by atoms with Crippen LogP contribution in [0.3, 0.4) is 0 Å². The summed E-state index contributed by atoms with van der Waals surface area (Å²) in [6, 6.07) is 1.75. The van der Waals surface area contributed by atoms with Gasteiger partial charge in [-0.1, -0.05) is 6.42 Å². The quantitative estimate of drug-likeness (QED) is 0.742. The van der Waals surface area contributed by atoms with Gasteiger partial charge in [-0.15, -0.1) is 0 Å². The molecule has 0 aromatic carbocycles. The van der Waals surface area contributed by atoms with E-state index in [9.17, 15) is 9.59 Å². The highest BCUT2D eigenvalue weighted by Gasteiger charge is 2.37. The molecule has 3 atom stereocenters. The standard InChI is InChI=1S/C11H16N2O3/c1-7(5-6-12)13-10(14)8-3-2-4-9(8)11(15)16/h7-9H,2-5H2,1H3,(H,13,14)(H,15,16)/t7?,8-,9+/m1/s1. The number of carboxylic acid groups (broad SMARTS) is 1. The number of carboxylic acids is 1. The highest BCUT2D eigenvalue weighted by molar-refractivity contribution is 5.85. The SMILES string of the molecule is CC(CC#N)NC(=O)[C@@H]1CCC[C@@H]1C(=O)O. The maximum Gasteiger partial charge on any atom is 0.307 e. The van der Waals surface area contributed by atoms with Crippen LogP contribution in [-0.2, 0) is 9.59 Å². The van der Waals surface area contributed by atoms with Crippen molar-refractivity contribution in [3.63, 3.8) is 0 Å². The molecule has 0 spiro atoms. The van der Waals surface area contributed by atoms with Crippen molar-refractivity contribution in [2.75, 3.05) is 0 Å². The maximum absolute atomic E-state index is 11.8. The predicted octanol–water partition coefficient (Wildman–Crippen LogP) is 0.906. The van der Waals surface area contributed by atoms with Crippen LogP contribution in [0.5, 0.6) is 0 Å². The van der Waals surface area contributed by atoms with Gasteiger partial charge in [0.15, 0.2) is 0 Å². The van der Waals surface area contributed by atoms with Crippen molar-refractivity contribution in [3.8, 4) is 6.07 Å². The van der Waals surface area contributed by atoms with Gasteiger partial charge in [-0.25, -0.2) is 0 Å². The fourth-order valence-electron chi connectivity index (χ4n) is 2.11. The average molecular weight is 224 g/mol. The van der Waals surface area contributed by atoms with E-state index >= 15 is 0 Å². The first-order valence-corrected chi connectivity index (χ1v) is 5.46. The van der Waals surface area contributed by atoms with E-state index in [0.717, 1.165) is 6.42 Å². The monoisotopic (exact) mass is 224 g/mol. The summed E-state index contributed by atoms with van der Waals surface area (Å²) in [5.74, 6) is -2.12. The second kappa shape index (κ2) is 5.50. The van der Waals surface area contributed by atoms with Crippen LogP contribution >= 0.6 is 0 Å². The molecule has 1 amide bonds. The first-order valence-electron chi connectivity index (χ1n) is 5.46. The molecular formula is C11H16N2O3. The van der Waals surface area contributed by atoms with Gasteiger partial charge in [-0.05, 0) is 19.8 Å². The van der Waals surface area contributed by atoms with Crippen molar-refractivity contribution in [2.24, 2.45) is 11.8 Å². The number of rotatable bonds is 4. The van der Waals surface area contributed by atoms with E-state index in [4.69, 9.17) is 10.4 Å². The molecule has 88 valence electrons. The van der Waals surface area contributed by atoms with E-state index < -0.39 is 17.8 Å². The zero-order valence-corrected chi connectivity index (χ0v) is 9.27. The zero-order valence-electron chi connectivity index (χ0n) is 9.27. The van der Waals surface area contributed by atoms with E-state index in [2.05, 4.69) is 5.32 Å². The van der Waals surface area contributed by atoms with Crippen LogP contribution in [0.1, 0.15) is 32.6 Å². The van der Waals surface area contributed by atoms with Crippen LogP contribution in [0, 0.1) is 23.2 Å². The average Bonchev–Trinajstić information content (AvgIpc) is 2.65. The number of aliphatic carboxylic acids is 1. The topological polar surface area (TPSA) is 90.2 Å². The molecule has 16 heavy (non-hydrogen) atoms. The molecule has 1 aliphatic rings. The van der Waals surface area contributed by atoms with E-state index in [1.54, 1.807) is 6.92 Å². The molecule has 0 bridgehead atoms. The summed E-state index contributed by atoms with van der Waals surface area (Å²) in [6.45, 7) is 1.74. The number of amides is 1. The minimum Gasteiger partial charge on any atom is -0.481 e. The number of hydrogen-bond acceptors (Lipinski definition) is 3. The summed E-state index contributed by atoms with van der Waals surface area (Å²) >= 11 is 0. The molecule has 5 heteroatoms. The molecule has 1 fully saturated rings. The van der Waals surface area contributed by atoms with Gasteiger partial charge >= 0.3 is 5.97 Å². The predicted molar refractivity (Wildman–Crippen MR) is 56.3 cm³/mol. The lowest BCUT2D eigenvalue weighted by Gasteiger charge is -2.18. The van der Waals surface area contributed by atoms with Crippen molar-refractivity contribution < 1.29 is 14.7 Å². The molecule has 0 aromatic rings. The fraction of sp³-hybridized carbons (Fsp3) is 0.727. The minimum absolute atomic E-state index is 0.215. The van der Waals surface area contributed by atoms with Gasteiger partial charge in [0, 0.05) is 6.04 Å². The smallest absolute Gasteiger partial charge is 0.307 e. The van der Waals surface area contributed by atoms with E-state index in [1.165, 1.54) is 0 Å². The third-order valence-corrected chi connectivity index (χ3v) is 2.96. The molecule has 0 heterocycles. The Morgan fingerprint density at radius 1 is 1.50 bits per heavy atom. The van der Waals surface area contributed by atoms with Gasteiger partial charge in [0.05, 0.1) is 24.3 Å². The number of carbonyl (C=O) groups excluding carboxylic acids is 1. The highest BCUT2D eigenvalue weighted by Crippen LogP contribution is 2.32. The van der Waals surface area contributed by atoms with Crippen LogP contribution in [0.25, 0.3) is 0 Å². The van der Waals surface area contributed by atoms with Crippen molar-refractivity contribution >= 4 is 11.9 Å². The Bertz CT molecular complexity index is 322. The van der Waals surface area contributed by atoms with Gasteiger partial charge in [0.1, 0.15) is 0 Å². The molecule has 0 aliphatic heterocycles. The molecule has 1 saturated carbocycles. The number of nitriles is 1. The summed E-state index contributed by atoms with van der Waals surface area (Å²) in [7, 11) is 0. The summed E-state index contributed by atoms with van der Waals surface area (Å²) in [5.41, 5.74) is 0. The summed E-state index contributed by atoms with van der Waals surface area (Å²) in [4.78, 5) is 22.7. The molecule has 1 rings (SSSR count). The molecule has 0 radical (unpaired) electrons. The highest BCUT2D eigenvalue weighted by atomic mass is 16.4. The Labute approximate surface area is 94.4 Å². The maximum atomic E-state index is 11.8. The molecule has 0 saturated heterocycles. The van der Waals surface area contributed by atoms with Gasteiger partial charge in [0.25, 0.3) is 0 Å². The normalized spacial score (nSPS) is 25.8. The van der Waals surface area contributed by atoms with Crippen molar-refractivity contribution in [1.29, 1.82) is 5.26 Å². The van der Waals surface area contributed by atoms with Crippen LogP contribution in [0.2, 0.25) is 0 Å². The van der Waals surface area contributed by atoms with E-state index in [1.807, 2.05) is 6.07 Å². The van der Waals surface area contributed by atoms with Gasteiger partial charge in [-0.2, -0.15) is 5.26 Å². The Kier molecular flexibility index (Phi) is 4.29. The minimum atomic E-state index is -0.898. The third-order valence-electron chi connectivity index (χ3n) is 2.96. The molecule has 2 N–H and O–H groups in total. The Morgan fingerprint density at radius 2 is 2.12 bits per heavy atom. The van der Waals surface area contributed by atoms with Crippen molar-refractivity contribution in [2.45, 2.75) is 38.6 Å². The lowest BCUT2D eigenvalue weighted by Crippen LogP contribution is -2.39. The van der Waals surface area contributed by atoms with Crippen LogP contribution < -0.4 is 5.32 Å². The Morgan fingerprint density at radius 3 is 2.69 bits per heavy atom. The van der Waals surface area contributed by atoms with Gasteiger partial charge in [-0.3, -0.25) is 9.59 Å². The van der Waals surface area contributed by atoms with Crippen LogP contribution in [0.4, 0.5) is 0 Å². The summed E-state index contributed by atoms with van der Waals surface area (Å²) in [6.07, 6.45) is 2.22. The lowest BCUT2D eigenvalue weighted by molar-refractivity contribution is -0.146. The zero-order chi connectivity index (χ0) is 12.1. The largest absolute Gasteiger partial charge is 0.481 e. The number of hydrogen-bond donors (Lipinski definition) is 2. The fourth-order valence-corrected chi connectivity index (χ4v) is 2.11. The van der Waals surface area contributed by atoms with Crippen molar-refractivity contribution in [1.82, 2.24) is 5.32 Å². The molecule has 5 nitrogen and oxygen atoms in total. The van der Waals surface area contributed by atoms with Gasteiger partial charge < -0.3 is 10.4 Å². The Balaban J connectivity index is 2.53. The molecular weight excluding hydrogens is 208 g/mol. The van der Waals surface area contributed by atoms with E-state index in [-0.39, 0.29) is 18.4 Å². The van der Waals surface area contributed by atoms with Crippen molar-refractivity contribution in [3.05, 3.63) is 0 Å². The van der Waals surface area contributed by atoms with Crippen LogP contribution in [0.15, 0.2) is 0 Å². The first kappa shape index (κ1) is 12.5.